The second-order valence-corrected chi connectivity index (χ2v) is 7.86. The van der Waals surface area contributed by atoms with E-state index in [1.54, 1.807) is 18.3 Å². The van der Waals surface area contributed by atoms with Crippen LogP contribution in [0.15, 0.2) is 35.4 Å². The Morgan fingerprint density at radius 1 is 1.32 bits per heavy atom. The fourth-order valence-corrected chi connectivity index (χ4v) is 3.95. The molecule has 3 rings (SSSR count). The van der Waals surface area contributed by atoms with Crippen molar-refractivity contribution in [2.75, 3.05) is 5.32 Å². The number of carbonyl (C=O) groups is 3. The van der Waals surface area contributed by atoms with Crippen molar-refractivity contribution in [3.8, 4) is 0 Å². The van der Waals surface area contributed by atoms with Crippen LogP contribution in [0.3, 0.4) is 0 Å². The normalized spacial score (nSPS) is 15.5. The predicted molar refractivity (Wildman–Crippen MR) is 99.2 cm³/mol. The molecule has 0 saturated carbocycles. The summed E-state index contributed by atoms with van der Waals surface area (Å²) in [6.07, 6.45) is 3.26. The number of aromatic nitrogens is 1. The number of anilines is 1. The van der Waals surface area contributed by atoms with Gasteiger partial charge in [-0.05, 0) is 29.5 Å². The molecule has 0 spiro atoms. The lowest BCUT2D eigenvalue weighted by atomic mass is 10.1. The van der Waals surface area contributed by atoms with Crippen LogP contribution in [0.5, 0.6) is 0 Å². The third-order valence-electron chi connectivity index (χ3n) is 3.07. The highest BCUT2D eigenvalue weighted by molar-refractivity contribution is 8.18. The average Bonchev–Trinajstić information content (AvgIpc) is 3.08. The van der Waals surface area contributed by atoms with Crippen molar-refractivity contribution in [1.29, 1.82) is 0 Å². The number of halogens is 2. The van der Waals surface area contributed by atoms with Crippen molar-refractivity contribution in [3.05, 3.63) is 55.9 Å². The first-order valence-corrected chi connectivity index (χ1v) is 9.24. The topological polar surface area (TPSA) is 88.2 Å². The summed E-state index contributed by atoms with van der Waals surface area (Å²) in [5, 5.41) is 5.65. The van der Waals surface area contributed by atoms with Gasteiger partial charge in [0.05, 0.1) is 4.91 Å². The molecule has 0 atom stereocenters. The Balaban J connectivity index is 1.65. The van der Waals surface area contributed by atoms with Gasteiger partial charge in [0.15, 0.2) is 5.13 Å². The van der Waals surface area contributed by atoms with Crippen LogP contribution in [0, 0.1) is 0 Å². The molecule has 128 valence electrons. The van der Waals surface area contributed by atoms with E-state index in [0.29, 0.717) is 33.4 Å². The van der Waals surface area contributed by atoms with E-state index >= 15 is 0 Å². The van der Waals surface area contributed by atoms with E-state index < -0.39 is 17.1 Å². The molecule has 6 nitrogen and oxygen atoms in total. The van der Waals surface area contributed by atoms with E-state index in [9.17, 15) is 14.4 Å². The molecule has 2 heterocycles. The number of nitrogens with zero attached hydrogens (tertiary/aromatic N) is 1. The fraction of sp³-hybridized carbons (Fsp3) is 0.0667. The number of benzene rings is 1. The highest BCUT2D eigenvalue weighted by Crippen LogP contribution is 2.27. The Labute approximate surface area is 160 Å². The molecular weight excluding hydrogens is 405 g/mol. The van der Waals surface area contributed by atoms with Gasteiger partial charge in [-0.15, -0.1) is 11.3 Å². The summed E-state index contributed by atoms with van der Waals surface area (Å²) >= 11 is 14.0. The van der Waals surface area contributed by atoms with E-state index in [1.165, 1.54) is 11.3 Å². The Hall–Kier alpha value is -1.87. The molecular formula is C15H9Cl2N3O3S2. The number of thioether (sulfide) groups is 1. The highest BCUT2D eigenvalue weighted by atomic mass is 35.5. The van der Waals surface area contributed by atoms with Crippen molar-refractivity contribution in [2.45, 2.75) is 6.42 Å². The molecule has 2 N–H and O–H groups in total. The molecule has 0 bridgehead atoms. The zero-order valence-electron chi connectivity index (χ0n) is 12.3. The largest absolute Gasteiger partial charge is 0.298 e. The summed E-state index contributed by atoms with van der Waals surface area (Å²) in [6, 6.07) is 5.25. The Kier molecular flexibility index (Phi) is 5.43. The molecule has 0 radical (unpaired) electrons. The summed E-state index contributed by atoms with van der Waals surface area (Å²) < 4.78 is 0. The molecule has 1 aromatic heterocycles. The van der Waals surface area contributed by atoms with Gasteiger partial charge in [0.2, 0.25) is 0 Å². The van der Waals surface area contributed by atoms with Gasteiger partial charge in [-0.25, -0.2) is 4.98 Å². The molecule has 1 aromatic carbocycles. The minimum atomic E-state index is -0.581. The van der Waals surface area contributed by atoms with Gasteiger partial charge in [-0.1, -0.05) is 29.3 Å². The number of nitrogens with one attached hydrogen (secondary N) is 2. The van der Waals surface area contributed by atoms with Crippen molar-refractivity contribution >= 4 is 68.5 Å². The third kappa shape index (κ3) is 4.60. The van der Waals surface area contributed by atoms with E-state index in [2.05, 4.69) is 15.6 Å². The van der Waals surface area contributed by atoms with Gasteiger partial charge in [-0.3, -0.25) is 25.0 Å². The van der Waals surface area contributed by atoms with Gasteiger partial charge in [0.1, 0.15) is 0 Å². The number of hydrogen-bond donors (Lipinski definition) is 2. The maximum absolute atomic E-state index is 11.9. The summed E-state index contributed by atoms with van der Waals surface area (Å²) in [4.78, 5) is 39.4. The Morgan fingerprint density at radius 3 is 2.80 bits per heavy atom. The first-order chi connectivity index (χ1) is 11.9. The lowest BCUT2D eigenvalue weighted by Crippen LogP contribution is -2.18. The van der Waals surface area contributed by atoms with Crippen molar-refractivity contribution in [3.63, 3.8) is 0 Å². The summed E-state index contributed by atoms with van der Waals surface area (Å²) in [6.45, 7) is 0. The van der Waals surface area contributed by atoms with Gasteiger partial charge in [0, 0.05) is 33.6 Å². The van der Waals surface area contributed by atoms with Crippen molar-refractivity contribution in [2.24, 2.45) is 0 Å². The SMILES string of the molecule is O=C(/C=C1\SC(=O)NC1=O)Nc1ncc(Cc2ccc(Cl)cc2Cl)s1. The zero-order valence-corrected chi connectivity index (χ0v) is 15.5. The van der Waals surface area contributed by atoms with Crippen LogP contribution in [-0.4, -0.2) is 22.0 Å². The lowest BCUT2D eigenvalue weighted by molar-refractivity contribution is -0.116. The fourth-order valence-electron chi connectivity index (χ4n) is 1.98. The number of thiazole rings is 1. The summed E-state index contributed by atoms with van der Waals surface area (Å²) in [5.74, 6) is -1.11. The van der Waals surface area contributed by atoms with Gasteiger partial charge < -0.3 is 0 Å². The van der Waals surface area contributed by atoms with Gasteiger partial charge in [-0.2, -0.15) is 0 Å². The Morgan fingerprint density at radius 2 is 2.12 bits per heavy atom. The summed E-state index contributed by atoms with van der Waals surface area (Å²) in [5.41, 5.74) is 0.896. The minimum Gasteiger partial charge on any atom is -0.298 e. The standard InChI is InChI=1S/C15H9Cl2N3O3S2/c16-8-2-1-7(10(17)4-8)3-9-6-18-14(24-9)19-12(21)5-11-13(22)20-15(23)25-11/h1-2,4-6H,3H2,(H,18,19,21)(H,20,22,23)/b11-5-. The van der Waals surface area contributed by atoms with Crippen molar-refractivity contribution < 1.29 is 14.4 Å². The first kappa shape index (κ1) is 17.9. The average molecular weight is 414 g/mol. The maximum atomic E-state index is 11.9. The second-order valence-electron chi connectivity index (χ2n) is 4.89. The smallest absolute Gasteiger partial charge is 0.290 e. The molecule has 1 fully saturated rings. The number of carbonyl (C=O) groups excluding carboxylic acids is 3. The first-order valence-electron chi connectivity index (χ1n) is 6.85. The molecule has 2 aromatic rings. The lowest BCUT2D eigenvalue weighted by Gasteiger charge is -2.02. The van der Waals surface area contributed by atoms with Crippen LogP contribution in [0.4, 0.5) is 9.93 Å². The van der Waals surface area contributed by atoms with E-state index in [4.69, 9.17) is 23.2 Å². The third-order valence-corrected chi connectivity index (χ3v) is 5.38. The van der Waals surface area contributed by atoms with Crippen LogP contribution in [-0.2, 0) is 16.0 Å². The zero-order chi connectivity index (χ0) is 18.0. The molecule has 1 aliphatic heterocycles. The van der Waals surface area contributed by atoms with Crippen molar-refractivity contribution in [1.82, 2.24) is 10.3 Å². The molecule has 0 aliphatic carbocycles. The van der Waals surface area contributed by atoms with Crippen LogP contribution in [0.1, 0.15) is 10.4 Å². The predicted octanol–water partition coefficient (Wildman–Crippen LogP) is 3.85. The Bertz CT molecular complexity index is 911. The van der Waals surface area contributed by atoms with Crippen LogP contribution in [0.2, 0.25) is 10.0 Å². The molecule has 10 heteroatoms. The number of rotatable bonds is 4. The van der Waals surface area contributed by atoms with Crippen LogP contribution < -0.4 is 10.6 Å². The quantitative estimate of drug-likeness (QED) is 0.743. The van der Waals surface area contributed by atoms with Crippen LogP contribution in [0.25, 0.3) is 0 Å². The van der Waals surface area contributed by atoms with Gasteiger partial charge >= 0.3 is 0 Å². The number of hydrogen-bond acceptors (Lipinski definition) is 6. The monoisotopic (exact) mass is 413 g/mol. The maximum Gasteiger partial charge on any atom is 0.290 e. The van der Waals surface area contributed by atoms with Crippen LogP contribution >= 0.6 is 46.3 Å². The molecule has 3 amide bonds. The number of imide groups is 1. The highest BCUT2D eigenvalue weighted by Gasteiger charge is 2.26. The van der Waals surface area contributed by atoms with E-state index in [1.807, 2.05) is 6.07 Å². The van der Waals surface area contributed by atoms with E-state index in [0.717, 1.165) is 16.5 Å². The van der Waals surface area contributed by atoms with E-state index in [-0.39, 0.29) is 4.91 Å². The second kappa shape index (κ2) is 7.57. The number of amides is 3. The molecule has 0 unspecified atom stereocenters. The molecule has 25 heavy (non-hydrogen) atoms. The summed E-state index contributed by atoms with van der Waals surface area (Å²) in [7, 11) is 0. The minimum absolute atomic E-state index is 0.0484. The van der Waals surface area contributed by atoms with Gasteiger partial charge in [0.25, 0.3) is 17.1 Å². The molecule has 1 aliphatic rings. The molecule has 1 saturated heterocycles.